The fraction of sp³-hybridized carbons (Fsp3) is 1.00. The second kappa shape index (κ2) is 7.88. The van der Waals surface area contributed by atoms with Gasteiger partial charge in [-0.25, -0.2) is 8.42 Å². The number of ether oxygens (including phenoxy) is 1. The van der Waals surface area contributed by atoms with Crippen LogP contribution in [0.4, 0.5) is 13.2 Å². The summed E-state index contributed by atoms with van der Waals surface area (Å²) < 4.78 is 60.8. The summed E-state index contributed by atoms with van der Waals surface area (Å²) in [5.41, 5.74) is 0. The average Bonchev–Trinajstić information content (AvgIpc) is 2.11. The molecule has 0 bridgehead atoms. The van der Waals surface area contributed by atoms with Crippen molar-refractivity contribution in [2.45, 2.75) is 19.0 Å². The highest BCUT2D eigenvalue weighted by molar-refractivity contribution is 7.90. The highest BCUT2D eigenvalue weighted by atomic mass is 32.2. The first-order chi connectivity index (χ1) is 7.71. The molecule has 0 amide bonds. The summed E-state index contributed by atoms with van der Waals surface area (Å²) in [6.45, 7) is -0.131. The predicted octanol–water partition coefficient (Wildman–Crippen LogP) is 0.980. The third-order valence-electron chi connectivity index (χ3n) is 1.78. The Bertz CT molecular complexity index is 290. The molecule has 0 unspecified atom stereocenters. The molecule has 0 saturated carbocycles. The van der Waals surface area contributed by atoms with Crippen LogP contribution in [0, 0.1) is 0 Å². The quantitative estimate of drug-likeness (QED) is 0.638. The third-order valence-corrected chi connectivity index (χ3v) is 2.81. The lowest BCUT2D eigenvalue weighted by atomic mass is 10.4. The molecule has 0 aliphatic carbocycles. The number of sulfone groups is 1. The Labute approximate surface area is 99.4 Å². The van der Waals surface area contributed by atoms with Gasteiger partial charge in [-0.15, -0.1) is 0 Å². The molecule has 0 heterocycles. The van der Waals surface area contributed by atoms with E-state index < -0.39 is 22.6 Å². The lowest BCUT2D eigenvalue weighted by Crippen LogP contribution is -2.22. The molecule has 1 N–H and O–H groups in total. The molecular weight excluding hydrogens is 259 g/mol. The van der Waals surface area contributed by atoms with E-state index in [9.17, 15) is 21.6 Å². The first kappa shape index (κ1) is 16.7. The van der Waals surface area contributed by atoms with E-state index in [1.807, 2.05) is 0 Å². The van der Waals surface area contributed by atoms with Crippen molar-refractivity contribution in [2.24, 2.45) is 0 Å². The highest BCUT2D eigenvalue weighted by Gasteiger charge is 2.27. The van der Waals surface area contributed by atoms with Crippen molar-refractivity contribution in [2.75, 3.05) is 38.3 Å². The lowest BCUT2D eigenvalue weighted by Gasteiger charge is -2.07. The molecule has 0 aromatic rings. The summed E-state index contributed by atoms with van der Waals surface area (Å²) in [6.07, 6.45) is -2.14. The molecule has 17 heavy (non-hydrogen) atoms. The SMILES string of the molecule is CS(=O)(=O)CCCNCCCOCC(F)(F)F. The zero-order chi connectivity index (χ0) is 13.4. The minimum absolute atomic E-state index is 0.0403. The maximum Gasteiger partial charge on any atom is 0.411 e. The van der Waals surface area contributed by atoms with Crippen LogP contribution in [-0.2, 0) is 14.6 Å². The van der Waals surface area contributed by atoms with Crippen LogP contribution >= 0.6 is 0 Å². The van der Waals surface area contributed by atoms with Crippen molar-refractivity contribution in [3.05, 3.63) is 0 Å². The number of alkyl halides is 3. The van der Waals surface area contributed by atoms with Crippen LogP contribution in [0.25, 0.3) is 0 Å². The van der Waals surface area contributed by atoms with Gasteiger partial charge < -0.3 is 10.1 Å². The van der Waals surface area contributed by atoms with Gasteiger partial charge in [0.05, 0.1) is 5.75 Å². The molecule has 104 valence electrons. The minimum atomic E-state index is -4.27. The normalized spacial score (nSPS) is 12.9. The van der Waals surface area contributed by atoms with Crippen molar-refractivity contribution in [1.82, 2.24) is 5.32 Å². The summed E-state index contributed by atoms with van der Waals surface area (Å²) in [4.78, 5) is 0. The first-order valence-corrected chi connectivity index (χ1v) is 7.30. The summed E-state index contributed by atoms with van der Waals surface area (Å²) in [5.74, 6) is 0.116. The van der Waals surface area contributed by atoms with Gasteiger partial charge in [0.1, 0.15) is 16.4 Å². The van der Waals surface area contributed by atoms with Crippen LogP contribution in [0.2, 0.25) is 0 Å². The van der Waals surface area contributed by atoms with Crippen molar-refractivity contribution in [3.8, 4) is 0 Å². The van der Waals surface area contributed by atoms with E-state index >= 15 is 0 Å². The fourth-order valence-electron chi connectivity index (χ4n) is 1.07. The number of rotatable bonds is 9. The Balaban J connectivity index is 3.20. The Morgan fingerprint density at radius 3 is 2.29 bits per heavy atom. The molecule has 0 rings (SSSR count). The smallest absolute Gasteiger partial charge is 0.372 e. The molecule has 8 heteroatoms. The Morgan fingerprint density at radius 1 is 1.18 bits per heavy atom. The van der Waals surface area contributed by atoms with Gasteiger partial charge in [-0.2, -0.15) is 13.2 Å². The fourth-order valence-corrected chi connectivity index (χ4v) is 1.74. The van der Waals surface area contributed by atoms with Gasteiger partial charge in [0.25, 0.3) is 0 Å². The largest absolute Gasteiger partial charge is 0.411 e. The zero-order valence-corrected chi connectivity index (χ0v) is 10.5. The predicted molar refractivity (Wildman–Crippen MR) is 58.7 cm³/mol. The standard InChI is InChI=1S/C9H18F3NO3S/c1-17(14,15)7-3-5-13-4-2-6-16-8-9(10,11)12/h13H,2-8H2,1H3. The average molecular weight is 277 g/mol. The van der Waals surface area contributed by atoms with E-state index in [1.54, 1.807) is 0 Å². The van der Waals surface area contributed by atoms with Gasteiger partial charge in [0.15, 0.2) is 0 Å². The summed E-state index contributed by atoms with van der Waals surface area (Å²) in [7, 11) is -2.93. The monoisotopic (exact) mass is 277 g/mol. The summed E-state index contributed by atoms with van der Waals surface area (Å²) in [6, 6.07) is 0. The van der Waals surface area contributed by atoms with Crippen LogP contribution in [0.3, 0.4) is 0 Å². The number of hydrogen-bond acceptors (Lipinski definition) is 4. The van der Waals surface area contributed by atoms with Crippen LogP contribution in [-0.4, -0.2) is 52.9 Å². The van der Waals surface area contributed by atoms with Gasteiger partial charge in [0, 0.05) is 12.9 Å². The number of hydrogen-bond donors (Lipinski definition) is 1. The van der Waals surface area contributed by atoms with Crippen molar-refractivity contribution in [1.29, 1.82) is 0 Å². The van der Waals surface area contributed by atoms with E-state index in [0.717, 1.165) is 6.26 Å². The second-order valence-electron chi connectivity index (χ2n) is 3.75. The lowest BCUT2D eigenvalue weighted by molar-refractivity contribution is -0.173. The van der Waals surface area contributed by atoms with Gasteiger partial charge in [-0.3, -0.25) is 0 Å². The van der Waals surface area contributed by atoms with E-state index in [2.05, 4.69) is 10.1 Å². The van der Waals surface area contributed by atoms with E-state index in [4.69, 9.17) is 0 Å². The summed E-state index contributed by atoms with van der Waals surface area (Å²) >= 11 is 0. The Hall–Kier alpha value is -0.340. The van der Waals surface area contributed by atoms with Gasteiger partial charge in [-0.1, -0.05) is 0 Å². The van der Waals surface area contributed by atoms with E-state index in [0.29, 0.717) is 25.9 Å². The second-order valence-corrected chi connectivity index (χ2v) is 6.01. The molecule has 0 radical (unpaired) electrons. The van der Waals surface area contributed by atoms with Crippen molar-refractivity contribution < 1.29 is 26.3 Å². The van der Waals surface area contributed by atoms with Crippen LogP contribution < -0.4 is 5.32 Å². The maximum absolute atomic E-state index is 11.6. The molecule has 0 aliphatic heterocycles. The van der Waals surface area contributed by atoms with E-state index in [-0.39, 0.29) is 12.4 Å². The van der Waals surface area contributed by atoms with Crippen LogP contribution in [0.5, 0.6) is 0 Å². The molecule has 0 aromatic heterocycles. The zero-order valence-electron chi connectivity index (χ0n) is 9.72. The van der Waals surface area contributed by atoms with Gasteiger partial charge >= 0.3 is 6.18 Å². The minimum Gasteiger partial charge on any atom is -0.372 e. The Morgan fingerprint density at radius 2 is 1.76 bits per heavy atom. The molecule has 0 fully saturated rings. The summed E-state index contributed by atoms with van der Waals surface area (Å²) in [5, 5.41) is 2.93. The van der Waals surface area contributed by atoms with Crippen LogP contribution in [0.1, 0.15) is 12.8 Å². The molecular formula is C9H18F3NO3S. The maximum atomic E-state index is 11.6. The van der Waals surface area contributed by atoms with Crippen molar-refractivity contribution in [3.63, 3.8) is 0 Å². The molecule has 0 saturated heterocycles. The van der Waals surface area contributed by atoms with E-state index in [1.165, 1.54) is 0 Å². The highest BCUT2D eigenvalue weighted by Crippen LogP contribution is 2.14. The Kier molecular flexibility index (Phi) is 7.73. The van der Waals surface area contributed by atoms with Gasteiger partial charge in [0.2, 0.25) is 0 Å². The topological polar surface area (TPSA) is 55.4 Å². The molecule has 0 aliphatic rings. The third kappa shape index (κ3) is 15.7. The van der Waals surface area contributed by atoms with Gasteiger partial charge in [-0.05, 0) is 25.9 Å². The van der Waals surface area contributed by atoms with Crippen molar-refractivity contribution >= 4 is 9.84 Å². The number of nitrogens with one attached hydrogen (secondary N) is 1. The molecule has 0 spiro atoms. The molecule has 0 atom stereocenters. The number of halogens is 3. The van der Waals surface area contributed by atoms with Crippen LogP contribution in [0.15, 0.2) is 0 Å². The molecule has 4 nitrogen and oxygen atoms in total. The molecule has 0 aromatic carbocycles. The first-order valence-electron chi connectivity index (χ1n) is 5.24.